The first-order valence-corrected chi connectivity index (χ1v) is 7.76. The van der Waals surface area contributed by atoms with Crippen molar-refractivity contribution in [2.24, 2.45) is 17.1 Å². The van der Waals surface area contributed by atoms with Crippen LogP contribution in [-0.2, 0) is 0 Å². The van der Waals surface area contributed by atoms with Crippen LogP contribution in [0.4, 0.5) is 0 Å². The highest BCUT2D eigenvalue weighted by Gasteiger charge is 2.34. The number of likely N-dealkylation sites (tertiary alicyclic amines) is 1. The summed E-state index contributed by atoms with van der Waals surface area (Å²) in [6.07, 6.45) is 8.98. The van der Waals surface area contributed by atoms with E-state index in [1.807, 2.05) is 0 Å². The molecule has 0 spiro atoms. The monoisotopic (exact) mass is 254 g/mol. The van der Waals surface area contributed by atoms with Crippen LogP contribution < -0.4 is 5.73 Å². The van der Waals surface area contributed by atoms with Gasteiger partial charge in [0.05, 0.1) is 6.10 Å². The second-order valence-electron chi connectivity index (χ2n) is 6.69. The normalized spacial score (nSPS) is 34.2. The zero-order valence-corrected chi connectivity index (χ0v) is 11.9. The second-order valence-corrected chi connectivity index (χ2v) is 6.69. The standard InChI is InChI=1S/C15H30N2O/c1-13-6-9-17(10-14(13)18)12-15(11-16)7-4-2-3-5-8-15/h13-14,18H,2-12,16H2,1H3. The number of piperidine rings is 1. The van der Waals surface area contributed by atoms with Gasteiger partial charge in [0.2, 0.25) is 0 Å². The van der Waals surface area contributed by atoms with Crippen molar-refractivity contribution in [2.45, 2.75) is 58.0 Å². The van der Waals surface area contributed by atoms with E-state index in [0.717, 1.165) is 32.6 Å². The minimum Gasteiger partial charge on any atom is -0.392 e. The summed E-state index contributed by atoms with van der Waals surface area (Å²) in [6.45, 7) is 6.07. The van der Waals surface area contributed by atoms with Crippen LogP contribution in [0.3, 0.4) is 0 Å². The van der Waals surface area contributed by atoms with E-state index in [1.165, 1.54) is 38.5 Å². The van der Waals surface area contributed by atoms with E-state index in [2.05, 4.69) is 11.8 Å². The molecule has 3 heteroatoms. The summed E-state index contributed by atoms with van der Waals surface area (Å²) in [5, 5.41) is 10.0. The summed E-state index contributed by atoms with van der Waals surface area (Å²) in [4.78, 5) is 2.46. The summed E-state index contributed by atoms with van der Waals surface area (Å²) < 4.78 is 0. The maximum Gasteiger partial charge on any atom is 0.0693 e. The van der Waals surface area contributed by atoms with Crippen LogP contribution in [0.15, 0.2) is 0 Å². The number of aliphatic hydroxyl groups is 1. The van der Waals surface area contributed by atoms with Crippen molar-refractivity contribution in [1.82, 2.24) is 4.90 Å². The van der Waals surface area contributed by atoms with E-state index < -0.39 is 0 Å². The Bertz CT molecular complexity index is 249. The van der Waals surface area contributed by atoms with Crippen molar-refractivity contribution in [3.05, 3.63) is 0 Å². The summed E-state index contributed by atoms with van der Waals surface area (Å²) >= 11 is 0. The van der Waals surface area contributed by atoms with Crippen molar-refractivity contribution in [1.29, 1.82) is 0 Å². The minimum absolute atomic E-state index is 0.139. The highest BCUT2D eigenvalue weighted by atomic mass is 16.3. The van der Waals surface area contributed by atoms with Gasteiger partial charge in [-0.25, -0.2) is 0 Å². The Kier molecular flexibility index (Phi) is 5.05. The van der Waals surface area contributed by atoms with Gasteiger partial charge in [-0.15, -0.1) is 0 Å². The van der Waals surface area contributed by atoms with Crippen LogP contribution in [0.5, 0.6) is 0 Å². The molecule has 1 saturated heterocycles. The maximum atomic E-state index is 10.0. The minimum atomic E-state index is -0.139. The van der Waals surface area contributed by atoms with Gasteiger partial charge in [-0.2, -0.15) is 0 Å². The predicted octanol–water partition coefficient (Wildman–Crippen LogP) is 1.99. The van der Waals surface area contributed by atoms with Crippen LogP contribution in [0.2, 0.25) is 0 Å². The topological polar surface area (TPSA) is 49.5 Å². The molecule has 18 heavy (non-hydrogen) atoms. The van der Waals surface area contributed by atoms with Crippen molar-refractivity contribution >= 4 is 0 Å². The predicted molar refractivity (Wildman–Crippen MR) is 75.4 cm³/mol. The average molecular weight is 254 g/mol. The number of aliphatic hydroxyl groups excluding tert-OH is 1. The van der Waals surface area contributed by atoms with Crippen molar-refractivity contribution in [3.8, 4) is 0 Å². The quantitative estimate of drug-likeness (QED) is 0.757. The number of nitrogens with two attached hydrogens (primary N) is 1. The van der Waals surface area contributed by atoms with E-state index in [1.54, 1.807) is 0 Å². The Morgan fingerprint density at radius 2 is 1.89 bits per heavy atom. The van der Waals surface area contributed by atoms with Crippen LogP contribution in [0.25, 0.3) is 0 Å². The highest BCUT2D eigenvalue weighted by molar-refractivity contribution is 4.88. The van der Waals surface area contributed by atoms with E-state index >= 15 is 0 Å². The maximum absolute atomic E-state index is 10.0. The van der Waals surface area contributed by atoms with Crippen molar-refractivity contribution in [3.63, 3.8) is 0 Å². The molecule has 3 nitrogen and oxygen atoms in total. The van der Waals surface area contributed by atoms with E-state index in [0.29, 0.717) is 11.3 Å². The van der Waals surface area contributed by atoms with Crippen LogP contribution >= 0.6 is 0 Å². The van der Waals surface area contributed by atoms with Gasteiger partial charge >= 0.3 is 0 Å². The van der Waals surface area contributed by atoms with Crippen molar-refractivity contribution < 1.29 is 5.11 Å². The SMILES string of the molecule is CC1CCN(CC2(CN)CCCCCC2)CC1O. The lowest BCUT2D eigenvalue weighted by Crippen LogP contribution is -2.49. The molecule has 0 aromatic rings. The fourth-order valence-electron chi connectivity index (χ4n) is 3.64. The molecule has 1 heterocycles. The van der Waals surface area contributed by atoms with Crippen LogP contribution in [0, 0.1) is 11.3 Å². The number of rotatable bonds is 3. The molecular weight excluding hydrogens is 224 g/mol. The molecule has 0 aromatic carbocycles. The number of hydrogen-bond donors (Lipinski definition) is 2. The fourth-order valence-corrected chi connectivity index (χ4v) is 3.64. The lowest BCUT2D eigenvalue weighted by molar-refractivity contribution is 0.00796. The van der Waals surface area contributed by atoms with E-state index in [-0.39, 0.29) is 6.10 Å². The molecule has 2 atom stereocenters. The summed E-state index contributed by atoms with van der Waals surface area (Å²) in [6, 6.07) is 0. The van der Waals surface area contributed by atoms with Gasteiger partial charge in [0.1, 0.15) is 0 Å². The molecule has 106 valence electrons. The van der Waals surface area contributed by atoms with E-state index in [9.17, 15) is 5.11 Å². The lowest BCUT2D eigenvalue weighted by Gasteiger charge is -2.41. The Balaban J connectivity index is 1.92. The molecule has 0 amide bonds. The highest BCUT2D eigenvalue weighted by Crippen LogP contribution is 2.35. The zero-order chi connectivity index (χ0) is 13.0. The average Bonchev–Trinajstić information content (AvgIpc) is 2.60. The molecule has 1 aliphatic heterocycles. The first-order chi connectivity index (χ1) is 8.65. The Morgan fingerprint density at radius 1 is 1.22 bits per heavy atom. The molecule has 0 radical (unpaired) electrons. The summed E-state index contributed by atoms with van der Waals surface area (Å²) in [5.74, 6) is 0.462. The molecule has 1 saturated carbocycles. The number of hydrogen-bond acceptors (Lipinski definition) is 3. The molecule has 2 rings (SSSR count). The summed E-state index contributed by atoms with van der Waals surface area (Å²) in [5.41, 5.74) is 6.43. The van der Waals surface area contributed by atoms with Gasteiger partial charge in [0.15, 0.2) is 0 Å². The third-order valence-electron chi connectivity index (χ3n) is 5.16. The number of nitrogens with zero attached hydrogens (tertiary/aromatic N) is 1. The largest absolute Gasteiger partial charge is 0.392 e. The smallest absolute Gasteiger partial charge is 0.0693 e. The fraction of sp³-hybridized carbons (Fsp3) is 1.00. The first kappa shape index (κ1) is 14.3. The third kappa shape index (κ3) is 3.46. The van der Waals surface area contributed by atoms with Gasteiger partial charge in [-0.05, 0) is 43.7 Å². The van der Waals surface area contributed by atoms with Gasteiger partial charge in [-0.1, -0.05) is 32.6 Å². The molecule has 2 aliphatic rings. The van der Waals surface area contributed by atoms with Gasteiger partial charge < -0.3 is 15.7 Å². The molecular formula is C15H30N2O. The summed E-state index contributed by atoms with van der Waals surface area (Å²) in [7, 11) is 0. The van der Waals surface area contributed by atoms with Gasteiger partial charge in [-0.3, -0.25) is 0 Å². The molecule has 0 aromatic heterocycles. The lowest BCUT2D eigenvalue weighted by atomic mass is 9.79. The number of β-amino-alcohol motifs (C(OH)–C–C–N with tert-alkyl or cyclic N) is 1. The van der Waals surface area contributed by atoms with Crippen LogP contribution in [0.1, 0.15) is 51.9 Å². The Labute approximate surface area is 112 Å². The molecule has 2 unspecified atom stereocenters. The van der Waals surface area contributed by atoms with Gasteiger partial charge in [0.25, 0.3) is 0 Å². The molecule has 1 aliphatic carbocycles. The Morgan fingerprint density at radius 3 is 2.44 bits per heavy atom. The molecule has 3 N–H and O–H groups in total. The zero-order valence-electron chi connectivity index (χ0n) is 11.9. The van der Waals surface area contributed by atoms with E-state index in [4.69, 9.17) is 5.73 Å². The second kappa shape index (κ2) is 6.36. The molecule has 0 bridgehead atoms. The van der Waals surface area contributed by atoms with Crippen LogP contribution in [-0.4, -0.2) is 42.3 Å². The molecule has 2 fully saturated rings. The third-order valence-corrected chi connectivity index (χ3v) is 5.16. The van der Waals surface area contributed by atoms with Gasteiger partial charge in [0, 0.05) is 13.1 Å². The Hall–Kier alpha value is -0.120. The first-order valence-electron chi connectivity index (χ1n) is 7.76. The van der Waals surface area contributed by atoms with Crippen molar-refractivity contribution in [2.75, 3.05) is 26.2 Å².